The Kier molecular flexibility index (Phi) is 8.38. The van der Waals surface area contributed by atoms with E-state index in [0.717, 1.165) is 64.8 Å². The van der Waals surface area contributed by atoms with Crippen molar-refractivity contribution in [3.8, 4) is 11.4 Å². The van der Waals surface area contributed by atoms with Crippen LogP contribution in [0.3, 0.4) is 0 Å². The van der Waals surface area contributed by atoms with Crippen molar-refractivity contribution in [2.24, 2.45) is 0 Å². The molecule has 6 heterocycles. The van der Waals surface area contributed by atoms with Gasteiger partial charge in [-0.15, -0.1) is 0 Å². The van der Waals surface area contributed by atoms with E-state index in [4.69, 9.17) is 10.1 Å². The summed E-state index contributed by atoms with van der Waals surface area (Å²) in [5, 5.41) is 15.4. The highest BCUT2D eigenvalue weighted by molar-refractivity contribution is 7.90. The van der Waals surface area contributed by atoms with Crippen molar-refractivity contribution in [1.29, 1.82) is 0 Å². The molecule has 3 fully saturated rings. The van der Waals surface area contributed by atoms with Gasteiger partial charge in [-0.2, -0.15) is 14.3 Å². The molecule has 16 nitrogen and oxygen atoms in total. The summed E-state index contributed by atoms with van der Waals surface area (Å²) in [5.74, 6) is 2.13. The number of nitrogens with zero attached hydrogens (tertiary/aromatic N) is 10. The zero-order chi connectivity index (χ0) is 35.3. The van der Waals surface area contributed by atoms with Crippen LogP contribution in [0, 0.1) is 0 Å². The maximum absolute atomic E-state index is 12.6. The predicted octanol–water partition coefficient (Wildman–Crippen LogP) is 3.52. The van der Waals surface area contributed by atoms with Crippen molar-refractivity contribution < 1.29 is 18.0 Å². The van der Waals surface area contributed by atoms with Crippen LogP contribution in [0.25, 0.3) is 22.3 Å². The van der Waals surface area contributed by atoms with Gasteiger partial charge < -0.3 is 10.2 Å². The van der Waals surface area contributed by atoms with E-state index in [2.05, 4.69) is 49.3 Å². The van der Waals surface area contributed by atoms with E-state index in [1.54, 1.807) is 17.2 Å². The largest absolute Gasteiger partial charge is 0.352 e. The molecular formula is C34H38N12O4S. The van der Waals surface area contributed by atoms with Crippen molar-refractivity contribution in [2.75, 3.05) is 47.8 Å². The number of piperazine rings is 1. The van der Waals surface area contributed by atoms with Crippen LogP contribution < -0.4 is 20.4 Å². The molecule has 8 rings (SSSR count). The van der Waals surface area contributed by atoms with Gasteiger partial charge in [-0.05, 0) is 50.5 Å². The average molecular weight is 711 g/mol. The molecular weight excluding hydrogens is 673 g/mol. The summed E-state index contributed by atoms with van der Waals surface area (Å²) in [7, 11) is -3.48. The van der Waals surface area contributed by atoms with Gasteiger partial charge in [-0.3, -0.25) is 24.6 Å². The lowest BCUT2D eigenvalue weighted by Gasteiger charge is -2.35. The molecule has 17 heteroatoms. The fraction of sp³-hybridized carbons (Fsp3) is 0.382. The van der Waals surface area contributed by atoms with Crippen LogP contribution in [0.1, 0.15) is 44.7 Å². The number of carbonyl (C=O) groups is 2. The number of rotatable bonds is 10. The molecule has 5 aromatic rings. The van der Waals surface area contributed by atoms with Gasteiger partial charge in [0.05, 0.1) is 34.1 Å². The van der Waals surface area contributed by atoms with E-state index < -0.39 is 10.0 Å². The third-order valence-corrected chi connectivity index (χ3v) is 11.4. The number of benzene rings is 1. The number of nitrogens with one attached hydrogen (secondary N) is 2. The Hall–Kier alpha value is -5.42. The molecule has 51 heavy (non-hydrogen) atoms. The highest BCUT2D eigenvalue weighted by Crippen LogP contribution is 2.32. The topological polar surface area (TPSA) is 176 Å². The molecule has 2 N–H and O–H groups in total. The van der Waals surface area contributed by atoms with Crippen LogP contribution in [0.15, 0.2) is 61.2 Å². The first kappa shape index (κ1) is 32.8. The highest BCUT2D eigenvalue weighted by Gasteiger charge is 2.37. The standard InChI is InChI=1S/C34H38N12O4S/c1-22(2)46-28-17-30(38-29-9-11-35-32(39-29)24-18-37-45(21-24)51(49,50)26-7-8-26)36-19-27(28)33(41-46)43-15-13-42(14-16-43)20-23-3-5-25(6-4-23)44-12-10-31(47)40-34(44)48/h3-6,9,11,17-19,21-22,26H,7-8,10,12-16,20H2,1-2H3,(H,40,47,48)(H,35,36,38,39). The third kappa shape index (κ3) is 6.61. The number of hydrogen-bond donors (Lipinski definition) is 2. The van der Waals surface area contributed by atoms with Crippen LogP contribution in [0.2, 0.25) is 0 Å². The van der Waals surface area contributed by atoms with Crippen LogP contribution in [0.4, 0.5) is 27.9 Å². The molecule has 2 aliphatic heterocycles. The molecule has 0 bridgehead atoms. The lowest BCUT2D eigenvalue weighted by molar-refractivity contribution is -0.120. The average Bonchev–Trinajstić information content (AvgIpc) is 3.74. The van der Waals surface area contributed by atoms with Crippen molar-refractivity contribution in [3.05, 3.63) is 66.7 Å². The fourth-order valence-corrected chi connectivity index (χ4v) is 7.93. The number of urea groups is 1. The van der Waals surface area contributed by atoms with E-state index in [1.165, 1.54) is 12.4 Å². The maximum atomic E-state index is 12.6. The van der Waals surface area contributed by atoms with E-state index in [-0.39, 0.29) is 23.2 Å². The summed E-state index contributed by atoms with van der Waals surface area (Å²) in [6, 6.07) is 11.4. The zero-order valence-corrected chi connectivity index (χ0v) is 29.1. The van der Waals surface area contributed by atoms with E-state index >= 15 is 0 Å². The van der Waals surface area contributed by atoms with Crippen molar-refractivity contribution >= 4 is 56.0 Å². The quantitative estimate of drug-likeness (QED) is 0.216. The van der Waals surface area contributed by atoms with Crippen molar-refractivity contribution in [1.82, 2.24) is 44.1 Å². The lowest BCUT2D eigenvalue weighted by atomic mass is 10.1. The van der Waals surface area contributed by atoms with Crippen molar-refractivity contribution in [3.63, 3.8) is 0 Å². The summed E-state index contributed by atoms with van der Waals surface area (Å²) in [4.78, 5) is 43.7. The van der Waals surface area contributed by atoms with Gasteiger partial charge in [-0.1, -0.05) is 12.1 Å². The smallest absolute Gasteiger partial charge is 0.328 e. The Labute approximate surface area is 294 Å². The molecule has 3 amide bonds. The Bertz CT molecular complexity index is 2220. The second-order valence-electron chi connectivity index (χ2n) is 13.4. The molecule has 3 aliphatic rings. The molecule has 0 radical (unpaired) electrons. The second-order valence-corrected chi connectivity index (χ2v) is 15.4. The summed E-state index contributed by atoms with van der Waals surface area (Å²) >= 11 is 0. The van der Waals surface area contributed by atoms with Gasteiger partial charge in [0.1, 0.15) is 11.6 Å². The minimum Gasteiger partial charge on any atom is -0.352 e. The normalized spacial score (nSPS) is 17.4. The fourth-order valence-electron chi connectivity index (χ4n) is 6.46. The molecule has 0 spiro atoms. The molecule has 1 aromatic carbocycles. The van der Waals surface area contributed by atoms with Gasteiger partial charge >= 0.3 is 6.03 Å². The minimum absolute atomic E-state index is 0.117. The molecule has 1 saturated carbocycles. The first-order valence-corrected chi connectivity index (χ1v) is 18.6. The van der Waals surface area contributed by atoms with Crippen LogP contribution in [0.5, 0.6) is 0 Å². The number of pyridine rings is 1. The molecule has 0 unspecified atom stereocenters. The number of aromatic nitrogens is 7. The van der Waals surface area contributed by atoms with Gasteiger partial charge in [-0.25, -0.2) is 28.2 Å². The van der Waals surface area contributed by atoms with Gasteiger partial charge in [0, 0.05) is 75.9 Å². The van der Waals surface area contributed by atoms with Gasteiger partial charge in [0.15, 0.2) is 11.6 Å². The van der Waals surface area contributed by atoms with Crippen LogP contribution >= 0.6 is 0 Å². The molecule has 1 aliphatic carbocycles. The molecule has 0 atom stereocenters. The van der Waals surface area contributed by atoms with Crippen molar-refractivity contribution in [2.45, 2.75) is 50.9 Å². The Morgan fingerprint density at radius 1 is 0.961 bits per heavy atom. The summed E-state index contributed by atoms with van der Waals surface area (Å²) in [6.45, 7) is 8.73. The monoisotopic (exact) mass is 710 g/mol. The first-order valence-electron chi connectivity index (χ1n) is 17.1. The van der Waals surface area contributed by atoms with Crippen LogP contribution in [-0.4, -0.2) is 97.1 Å². The number of imide groups is 1. The number of amides is 3. The highest BCUT2D eigenvalue weighted by atomic mass is 32.2. The SMILES string of the molecule is CC(C)n1nc(N2CCN(Cc3ccc(N4CCC(=O)NC4=O)cc3)CC2)c2cnc(Nc3ccnc(-c4cnn(S(=O)(=O)C5CC5)c4)n3)cc21. The predicted molar refractivity (Wildman–Crippen MR) is 191 cm³/mol. The maximum Gasteiger partial charge on any atom is 0.328 e. The summed E-state index contributed by atoms with van der Waals surface area (Å²) in [6.07, 6.45) is 8.00. The molecule has 4 aromatic heterocycles. The zero-order valence-electron chi connectivity index (χ0n) is 28.3. The third-order valence-electron chi connectivity index (χ3n) is 9.38. The second kappa shape index (κ2) is 13.0. The summed E-state index contributed by atoms with van der Waals surface area (Å²) < 4.78 is 28.2. The van der Waals surface area contributed by atoms with E-state index in [0.29, 0.717) is 48.8 Å². The number of anilines is 4. The van der Waals surface area contributed by atoms with Crippen LogP contribution in [-0.2, 0) is 21.4 Å². The first-order chi connectivity index (χ1) is 24.6. The molecule has 2 saturated heterocycles. The number of carbonyl (C=O) groups excluding carboxylic acids is 2. The molecule has 264 valence electrons. The Morgan fingerprint density at radius 3 is 2.47 bits per heavy atom. The van der Waals surface area contributed by atoms with Gasteiger partial charge in [0.2, 0.25) is 5.91 Å². The minimum atomic E-state index is -3.48. The summed E-state index contributed by atoms with van der Waals surface area (Å²) in [5.41, 5.74) is 3.40. The van der Waals surface area contributed by atoms with E-state index in [9.17, 15) is 18.0 Å². The van der Waals surface area contributed by atoms with Gasteiger partial charge in [0.25, 0.3) is 10.0 Å². The Morgan fingerprint density at radius 2 is 1.75 bits per heavy atom. The number of hydrogen-bond acceptors (Lipinski definition) is 12. The Balaban J connectivity index is 0.935. The lowest BCUT2D eigenvalue weighted by Crippen LogP contribution is -2.49. The number of fused-ring (bicyclic) bond motifs is 1. The van der Waals surface area contributed by atoms with E-state index in [1.807, 2.05) is 41.2 Å².